The average Bonchev–Trinajstić information content (AvgIpc) is 2.65. The van der Waals surface area contributed by atoms with Crippen LogP contribution in [0.25, 0.3) is 0 Å². The predicted molar refractivity (Wildman–Crippen MR) is 93.1 cm³/mol. The third-order valence-corrected chi connectivity index (χ3v) is 3.77. The van der Waals surface area contributed by atoms with Crippen molar-refractivity contribution in [1.82, 2.24) is 5.32 Å². The van der Waals surface area contributed by atoms with Crippen LogP contribution in [0.4, 0.5) is 18.9 Å². The first-order valence-corrected chi connectivity index (χ1v) is 8.00. The fourth-order valence-electron chi connectivity index (χ4n) is 2.36. The third kappa shape index (κ3) is 5.40. The highest BCUT2D eigenvalue weighted by Crippen LogP contribution is 2.19. The molecule has 27 heavy (non-hydrogen) atoms. The lowest BCUT2D eigenvalue weighted by Gasteiger charge is -2.21. The second kappa shape index (κ2) is 8.98. The van der Waals surface area contributed by atoms with Gasteiger partial charge in [-0.1, -0.05) is 30.3 Å². The summed E-state index contributed by atoms with van der Waals surface area (Å²) in [5.74, 6) is -3.28. The molecular formula is C19H17F3N2O3. The summed E-state index contributed by atoms with van der Waals surface area (Å²) in [6.45, 7) is 0.655. The van der Waals surface area contributed by atoms with E-state index in [-0.39, 0.29) is 23.6 Å². The summed E-state index contributed by atoms with van der Waals surface area (Å²) in [5.41, 5.74) is 0.710. The van der Waals surface area contributed by atoms with Crippen LogP contribution in [0, 0.1) is 5.82 Å². The molecule has 5 nitrogen and oxygen atoms in total. The first-order valence-electron chi connectivity index (χ1n) is 8.00. The SMILES string of the molecule is CC(=O)N(Cc1ccc(C(=O)CNC(=O)C(F)F)cc1F)c1ccccc1. The van der Waals surface area contributed by atoms with Crippen molar-refractivity contribution < 1.29 is 27.6 Å². The maximum Gasteiger partial charge on any atom is 0.315 e. The summed E-state index contributed by atoms with van der Waals surface area (Å²) >= 11 is 0. The maximum atomic E-state index is 14.4. The summed E-state index contributed by atoms with van der Waals surface area (Å²) < 4.78 is 38.6. The van der Waals surface area contributed by atoms with E-state index in [0.717, 1.165) is 6.07 Å². The van der Waals surface area contributed by atoms with E-state index in [2.05, 4.69) is 0 Å². The molecule has 0 unspecified atom stereocenters. The molecular weight excluding hydrogens is 361 g/mol. The number of benzene rings is 2. The van der Waals surface area contributed by atoms with E-state index in [4.69, 9.17) is 0 Å². The van der Waals surface area contributed by atoms with E-state index in [1.807, 2.05) is 0 Å². The van der Waals surface area contributed by atoms with Crippen molar-refractivity contribution >= 4 is 23.3 Å². The molecule has 1 N–H and O–H groups in total. The number of nitrogens with zero attached hydrogens (tertiary/aromatic N) is 1. The van der Waals surface area contributed by atoms with Crippen molar-refractivity contribution in [3.63, 3.8) is 0 Å². The molecule has 0 aromatic heterocycles. The first kappa shape index (κ1) is 20.2. The van der Waals surface area contributed by atoms with Gasteiger partial charge in [0.05, 0.1) is 13.1 Å². The van der Waals surface area contributed by atoms with Crippen molar-refractivity contribution in [3.8, 4) is 0 Å². The lowest BCUT2D eigenvalue weighted by Crippen LogP contribution is -2.34. The summed E-state index contributed by atoms with van der Waals surface area (Å²) in [6.07, 6.45) is -3.23. The molecule has 0 aliphatic heterocycles. The molecule has 0 fully saturated rings. The predicted octanol–water partition coefficient (Wildman–Crippen LogP) is 2.94. The number of Topliss-reactive ketones (excluding diaryl/α,β-unsaturated/α-hetero) is 1. The van der Waals surface area contributed by atoms with Crippen LogP contribution in [0.1, 0.15) is 22.8 Å². The summed E-state index contributed by atoms with van der Waals surface area (Å²) in [4.78, 5) is 36.0. The van der Waals surface area contributed by atoms with Crippen molar-refractivity contribution in [2.75, 3.05) is 11.4 Å². The van der Waals surface area contributed by atoms with E-state index >= 15 is 0 Å². The highest BCUT2D eigenvalue weighted by Gasteiger charge is 2.18. The number of amides is 2. The van der Waals surface area contributed by atoms with Crippen molar-refractivity contribution in [2.24, 2.45) is 0 Å². The molecule has 0 spiro atoms. The monoisotopic (exact) mass is 378 g/mol. The number of hydrogen-bond acceptors (Lipinski definition) is 3. The van der Waals surface area contributed by atoms with Gasteiger partial charge >= 0.3 is 6.43 Å². The minimum absolute atomic E-state index is 0.0399. The molecule has 0 radical (unpaired) electrons. The molecule has 0 aliphatic rings. The second-order valence-corrected chi connectivity index (χ2v) is 5.69. The van der Waals surface area contributed by atoms with Crippen molar-refractivity contribution in [3.05, 3.63) is 65.5 Å². The summed E-state index contributed by atoms with van der Waals surface area (Å²) in [5, 5.41) is 1.77. The van der Waals surface area contributed by atoms with Gasteiger partial charge < -0.3 is 10.2 Å². The quantitative estimate of drug-likeness (QED) is 0.754. The normalized spacial score (nSPS) is 10.6. The number of hydrogen-bond donors (Lipinski definition) is 1. The standard InChI is InChI=1S/C19H17F3N2O3/c1-12(25)24(15-5-3-2-4-6-15)11-14-8-7-13(9-16(14)20)17(26)10-23-19(27)18(21)22/h2-9,18H,10-11H2,1H3,(H,23,27). The molecule has 0 heterocycles. The molecule has 8 heteroatoms. The minimum Gasteiger partial charge on any atom is -0.344 e. The number of carbonyl (C=O) groups is 3. The number of ketones is 1. The first-order chi connectivity index (χ1) is 12.8. The van der Waals surface area contributed by atoms with Gasteiger partial charge in [-0.15, -0.1) is 0 Å². The Bertz CT molecular complexity index is 841. The van der Waals surface area contributed by atoms with Gasteiger partial charge in [0.2, 0.25) is 5.91 Å². The zero-order valence-electron chi connectivity index (χ0n) is 14.4. The molecule has 2 rings (SSSR count). The van der Waals surface area contributed by atoms with Crippen LogP contribution in [0.5, 0.6) is 0 Å². The van der Waals surface area contributed by atoms with Gasteiger partial charge in [0.15, 0.2) is 5.78 Å². The van der Waals surface area contributed by atoms with Crippen LogP contribution in [0.2, 0.25) is 0 Å². The van der Waals surface area contributed by atoms with Gasteiger partial charge in [-0.25, -0.2) is 4.39 Å². The zero-order valence-corrected chi connectivity index (χ0v) is 14.4. The van der Waals surface area contributed by atoms with Crippen LogP contribution >= 0.6 is 0 Å². The van der Waals surface area contributed by atoms with Gasteiger partial charge in [0.25, 0.3) is 5.91 Å². The maximum absolute atomic E-state index is 14.4. The third-order valence-electron chi connectivity index (χ3n) is 3.77. The Labute approximate surface area is 153 Å². The van der Waals surface area contributed by atoms with E-state index in [1.165, 1.54) is 24.0 Å². The lowest BCUT2D eigenvalue weighted by atomic mass is 10.1. The Morgan fingerprint density at radius 3 is 2.30 bits per heavy atom. The molecule has 2 aromatic rings. The molecule has 0 saturated heterocycles. The summed E-state index contributed by atoms with van der Waals surface area (Å²) in [7, 11) is 0. The van der Waals surface area contributed by atoms with Gasteiger partial charge in [0.1, 0.15) is 5.82 Å². The van der Waals surface area contributed by atoms with Gasteiger partial charge in [-0.05, 0) is 18.2 Å². The average molecular weight is 378 g/mol. The summed E-state index contributed by atoms with van der Waals surface area (Å²) in [6, 6.07) is 12.3. The minimum atomic E-state index is -3.23. The van der Waals surface area contributed by atoms with Crippen LogP contribution in [-0.4, -0.2) is 30.6 Å². The van der Waals surface area contributed by atoms with Crippen LogP contribution < -0.4 is 10.2 Å². The fourth-order valence-corrected chi connectivity index (χ4v) is 2.36. The number of alkyl halides is 2. The molecule has 0 bridgehead atoms. The van der Waals surface area contributed by atoms with Gasteiger partial charge in [-0.2, -0.15) is 8.78 Å². The fraction of sp³-hybridized carbons (Fsp3) is 0.211. The number of halogens is 3. The number of para-hydroxylation sites is 1. The Morgan fingerprint density at radius 1 is 1.07 bits per heavy atom. The lowest BCUT2D eigenvalue weighted by molar-refractivity contribution is -0.131. The van der Waals surface area contributed by atoms with E-state index in [9.17, 15) is 27.6 Å². The highest BCUT2D eigenvalue weighted by molar-refractivity contribution is 5.99. The zero-order chi connectivity index (χ0) is 20.0. The molecule has 0 saturated carbocycles. The smallest absolute Gasteiger partial charge is 0.315 e. The van der Waals surface area contributed by atoms with Crippen molar-refractivity contribution in [1.29, 1.82) is 0 Å². The highest BCUT2D eigenvalue weighted by atomic mass is 19.3. The van der Waals surface area contributed by atoms with E-state index in [0.29, 0.717) is 5.69 Å². The second-order valence-electron chi connectivity index (χ2n) is 5.69. The molecule has 0 atom stereocenters. The van der Waals surface area contributed by atoms with Crippen LogP contribution in [0.15, 0.2) is 48.5 Å². The number of carbonyl (C=O) groups excluding carboxylic acids is 3. The van der Waals surface area contributed by atoms with Gasteiger partial charge in [-0.3, -0.25) is 14.4 Å². The number of rotatable bonds is 7. The van der Waals surface area contributed by atoms with E-state index < -0.39 is 30.5 Å². The van der Waals surface area contributed by atoms with Crippen molar-refractivity contribution in [2.45, 2.75) is 19.9 Å². The van der Waals surface area contributed by atoms with Gasteiger partial charge in [0, 0.05) is 23.7 Å². The Balaban J connectivity index is 2.12. The number of nitrogens with one attached hydrogen (secondary N) is 1. The largest absolute Gasteiger partial charge is 0.344 e. The Morgan fingerprint density at radius 2 is 1.74 bits per heavy atom. The topological polar surface area (TPSA) is 66.5 Å². The number of anilines is 1. The Hall–Kier alpha value is -3.16. The molecule has 2 amide bonds. The molecule has 2 aromatic carbocycles. The van der Waals surface area contributed by atoms with E-state index in [1.54, 1.807) is 35.6 Å². The molecule has 142 valence electrons. The van der Waals surface area contributed by atoms with Crippen LogP contribution in [-0.2, 0) is 16.1 Å². The Kier molecular flexibility index (Phi) is 6.70. The molecule has 0 aliphatic carbocycles. The van der Waals surface area contributed by atoms with Crippen LogP contribution in [0.3, 0.4) is 0 Å².